The Kier molecular flexibility index (Phi) is 61.6. The lowest BCUT2D eigenvalue weighted by molar-refractivity contribution is -0.359. The predicted octanol–water partition coefficient (Wildman–Crippen LogP) is 18.4. The number of aliphatic hydroxyl groups excluding tert-OH is 8. The molecule has 95 heavy (non-hydrogen) atoms. The van der Waals surface area contributed by atoms with Crippen LogP contribution >= 0.6 is 0 Å². The van der Waals surface area contributed by atoms with Crippen molar-refractivity contribution in [1.29, 1.82) is 0 Å². The first-order chi connectivity index (χ1) is 46.6. The van der Waals surface area contributed by atoms with Gasteiger partial charge in [0, 0.05) is 6.42 Å². The summed E-state index contributed by atoms with van der Waals surface area (Å²) in [5.74, 6) is -0.245. The topological polar surface area (TPSA) is 228 Å². The summed E-state index contributed by atoms with van der Waals surface area (Å²) < 4.78 is 22.9. The van der Waals surface area contributed by atoms with E-state index in [9.17, 15) is 45.6 Å². The molecule has 2 saturated heterocycles. The number of hydrogen-bond donors (Lipinski definition) is 9. The fourth-order valence-electron chi connectivity index (χ4n) is 13.6. The SMILES string of the molecule is CCCCCCCCCCCCCCCC/C=C/CC/C=C/CC/C=C/C(O)C(COC1OC(CO)C(OC2OC(CO)C(O)C(O)C2O)C(O)C1O)NC(=O)CCCCCCCCCCCCCCCCCCCCCCCCCCCCCCCCCCCCCCC. The maximum absolute atomic E-state index is 13.4. The van der Waals surface area contributed by atoms with Crippen LogP contribution < -0.4 is 5.32 Å². The minimum atomic E-state index is -1.79. The van der Waals surface area contributed by atoms with E-state index in [1.807, 2.05) is 6.08 Å². The molecule has 12 unspecified atom stereocenters. The van der Waals surface area contributed by atoms with E-state index in [-0.39, 0.29) is 18.9 Å². The molecule has 0 saturated carbocycles. The second-order valence-corrected chi connectivity index (χ2v) is 28.9. The van der Waals surface area contributed by atoms with Crippen LogP contribution in [0.25, 0.3) is 0 Å². The Morgan fingerprint density at radius 1 is 0.368 bits per heavy atom. The summed E-state index contributed by atoms with van der Waals surface area (Å²) in [4.78, 5) is 13.4. The van der Waals surface area contributed by atoms with Gasteiger partial charge in [-0.05, 0) is 44.9 Å². The average Bonchev–Trinajstić information content (AvgIpc) is 0.895. The molecule has 2 aliphatic rings. The van der Waals surface area contributed by atoms with Gasteiger partial charge in [-0.2, -0.15) is 0 Å². The van der Waals surface area contributed by atoms with Gasteiger partial charge in [0.15, 0.2) is 12.6 Å². The Balaban J connectivity index is 1.60. The maximum Gasteiger partial charge on any atom is 0.220 e. The van der Waals surface area contributed by atoms with E-state index in [0.717, 1.165) is 44.9 Å². The molecule has 14 heteroatoms. The van der Waals surface area contributed by atoms with Gasteiger partial charge in [0.1, 0.15) is 48.8 Å². The molecule has 0 bridgehead atoms. The first-order valence-corrected chi connectivity index (χ1v) is 40.7. The van der Waals surface area contributed by atoms with Gasteiger partial charge in [-0.1, -0.05) is 365 Å². The van der Waals surface area contributed by atoms with E-state index < -0.39 is 86.8 Å². The highest BCUT2D eigenvalue weighted by Crippen LogP contribution is 2.30. The van der Waals surface area contributed by atoms with Crippen LogP contribution in [0.5, 0.6) is 0 Å². The van der Waals surface area contributed by atoms with Crippen molar-refractivity contribution in [3.8, 4) is 0 Å². The zero-order valence-corrected chi connectivity index (χ0v) is 61.4. The second kappa shape index (κ2) is 65.5. The van der Waals surface area contributed by atoms with Crippen LogP contribution in [-0.4, -0.2) is 140 Å². The monoisotopic (exact) mass is 1350 g/mol. The van der Waals surface area contributed by atoms with E-state index >= 15 is 0 Å². The third-order valence-electron chi connectivity index (χ3n) is 20.1. The molecule has 2 rings (SSSR count). The first kappa shape index (κ1) is 89.3. The van der Waals surface area contributed by atoms with E-state index in [0.29, 0.717) is 12.8 Å². The molecule has 2 fully saturated rings. The van der Waals surface area contributed by atoms with E-state index in [1.165, 1.54) is 302 Å². The number of amides is 1. The van der Waals surface area contributed by atoms with E-state index in [4.69, 9.17) is 18.9 Å². The highest BCUT2D eigenvalue weighted by Gasteiger charge is 2.51. The summed E-state index contributed by atoms with van der Waals surface area (Å²) >= 11 is 0. The Morgan fingerprint density at radius 2 is 0.674 bits per heavy atom. The number of hydrogen-bond acceptors (Lipinski definition) is 13. The zero-order valence-electron chi connectivity index (χ0n) is 61.4. The van der Waals surface area contributed by atoms with Crippen LogP contribution in [-0.2, 0) is 23.7 Å². The number of nitrogens with one attached hydrogen (secondary N) is 1. The lowest BCUT2D eigenvalue weighted by atomic mass is 9.97. The zero-order chi connectivity index (χ0) is 68.7. The molecular formula is C81H153NO13. The Bertz CT molecular complexity index is 1730. The molecule has 0 aromatic carbocycles. The number of unbranched alkanes of at least 4 members (excludes halogenated alkanes) is 52. The fraction of sp³-hybridized carbons (Fsp3) is 0.914. The summed E-state index contributed by atoms with van der Waals surface area (Å²) in [7, 11) is 0. The quantitative estimate of drug-likeness (QED) is 0.0204. The molecule has 2 heterocycles. The summed E-state index contributed by atoms with van der Waals surface area (Å²) in [6.45, 7) is 2.84. The van der Waals surface area contributed by atoms with Crippen molar-refractivity contribution in [3.05, 3.63) is 36.5 Å². The molecular weight excluding hydrogens is 1190 g/mol. The van der Waals surface area contributed by atoms with Crippen molar-refractivity contribution in [3.63, 3.8) is 0 Å². The van der Waals surface area contributed by atoms with Gasteiger partial charge in [0.2, 0.25) is 5.91 Å². The third kappa shape index (κ3) is 48.6. The third-order valence-corrected chi connectivity index (χ3v) is 20.1. The van der Waals surface area contributed by atoms with Gasteiger partial charge in [0.25, 0.3) is 0 Å². The minimum Gasteiger partial charge on any atom is -0.394 e. The van der Waals surface area contributed by atoms with Crippen LogP contribution in [0.1, 0.15) is 380 Å². The predicted molar refractivity (Wildman–Crippen MR) is 392 cm³/mol. The van der Waals surface area contributed by atoms with Crippen LogP contribution in [0, 0.1) is 0 Å². The Hall–Kier alpha value is -1.79. The van der Waals surface area contributed by atoms with Gasteiger partial charge < -0.3 is 65.1 Å². The number of carbonyl (C=O) groups excluding carboxylic acids is 1. The largest absolute Gasteiger partial charge is 0.394 e. The molecule has 12 atom stereocenters. The number of carbonyl (C=O) groups is 1. The fourth-order valence-corrected chi connectivity index (χ4v) is 13.6. The van der Waals surface area contributed by atoms with E-state index in [1.54, 1.807) is 6.08 Å². The molecule has 14 nitrogen and oxygen atoms in total. The standard InChI is InChI=1S/C81H153NO13/c1-3-5-7-9-11-13-15-17-19-21-23-25-27-29-30-31-32-33-34-35-36-37-38-39-40-41-43-45-47-49-51-53-55-57-59-61-63-65-73(86)82-69(68-92-80-78(91)76(89)79(72(67-84)94-80)95-81-77(90)75(88)74(87)71(66-83)93-81)70(85)64-62-60-58-56-54-52-50-48-46-44-42-28-26-24-22-20-18-16-14-12-10-8-6-4-2/h46,48,54,56,62,64,69-72,74-81,83-85,87-91H,3-45,47,49-53,55,57-61,63,65-68H2,1-2H3,(H,82,86)/b48-46+,56-54+,64-62+. The van der Waals surface area contributed by atoms with Gasteiger partial charge >= 0.3 is 0 Å². The Morgan fingerprint density at radius 3 is 1.03 bits per heavy atom. The summed E-state index contributed by atoms with van der Waals surface area (Å²) in [6, 6.07) is -0.938. The first-order valence-electron chi connectivity index (χ1n) is 40.7. The maximum atomic E-state index is 13.4. The van der Waals surface area contributed by atoms with Crippen LogP contribution in [0.4, 0.5) is 0 Å². The van der Waals surface area contributed by atoms with Crippen molar-refractivity contribution in [1.82, 2.24) is 5.32 Å². The van der Waals surface area contributed by atoms with Crippen LogP contribution in [0.3, 0.4) is 0 Å². The molecule has 0 spiro atoms. The average molecular weight is 1350 g/mol. The van der Waals surface area contributed by atoms with Gasteiger partial charge in [0.05, 0.1) is 32.0 Å². The molecule has 0 aromatic heterocycles. The normalized spacial score (nSPS) is 22.5. The van der Waals surface area contributed by atoms with Gasteiger partial charge in [-0.3, -0.25) is 4.79 Å². The molecule has 0 aliphatic carbocycles. The molecule has 9 N–H and O–H groups in total. The highest BCUT2D eigenvalue weighted by atomic mass is 16.7. The van der Waals surface area contributed by atoms with Crippen molar-refractivity contribution >= 4 is 5.91 Å². The van der Waals surface area contributed by atoms with E-state index in [2.05, 4.69) is 43.5 Å². The van der Waals surface area contributed by atoms with Gasteiger partial charge in [-0.25, -0.2) is 0 Å². The summed E-state index contributed by atoms with van der Waals surface area (Å²) in [5, 5.41) is 87.6. The minimum absolute atomic E-state index is 0.245. The van der Waals surface area contributed by atoms with Crippen molar-refractivity contribution in [2.24, 2.45) is 0 Å². The van der Waals surface area contributed by atoms with Crippen LogP contribution in [0.2, 0.25) is 0 Å². The number of rotatable bonds is 69. The van der Waals surface area contributed by atoms with Crippen molar-refractivity contribution in [2.75, 3.05) is 19.8 Å². The number of allylic oxidation sites excluding steroid dienone is 5. The van der Waals surface area contributed by atoms with Gasteiger partial charge in [-0.15, -0.1) is 0 Å². The van der Waals surface area contributed by atoms with Crippen molar-refractivity contribution in [2.45, 2.75) is 453 Å². The second-order valence-electron chi connectivity index (χ2n) is 28.9. The lowest BCUT2D eigenvalue weighted by Crippen LogP contribution is -2.65. The Labute approximate surface area is 582 Å². The summed E-state index contributed by atoms with van der Waals surface area (Å²) in [6.07, 6.45) is 69.7. The molecule has 0 aromatic rings. The summed E-state index contributed by atoms with van der Waals surface area (Å²) in [5.41, 5.74) is 0. The number of ether oxygens (including phenoxy) is 4. The molecule has 0 radical (unpaired) electrons. The highest BCUT2D eigenvalue weighted by molar-refractivity contribution is 5.76. The lowest BCUT2D eigenvalue weighted by Gasteiger charge is -2.46. The molecule has 2 aliphatic heterocycles. The van der Waals surface area contributed by atoms with Crippen LogP contribution in [0.15, 0.2) is 36.5 Å². The smallest absolute Gasteiger partial charge is 0.220 e. The molecule has 1 amide bonds. The number of aliphatic hydroxyl groups is 8. The molecule has 560 valence electrons. The van der Waals surface area contributed by atoms with Crippen molar-refractivity contribution < 1.29 is 64.6 Å².